The monoisotopic (exact) mass is 424 g/mol. The minimum Gasteiger partial charge on any atom is -0.356 e. The van der Waals surface area contributed by atoms with Gasteiger partial charge in [0.15, 0.2) is 5.96 Å². The maximum atomic E-state index is 4.36. The van der Waals surface area contributed by atoms with E-state index < -0.39 is 0 Å². The molecule has 2 N–H and O–H groups in total. The van der Waals surface area contributed by atoms with E-state index in [0.717, 1.165) is 31.9 Å². The van der Waals surface area contributed by atoms with Crippen molar-refractivity contribution < 1.29 is 0 Å². The summed E-state index contributed by atoms with van der Waals surface area (Å²) in [6, 6.07) is 0. The molecule has 0 spiro atoms. The van der Waals surface area contributed by atoms with Crippen LogP contribution in [-0.2, 0) is 6.42 Å². The molecule has 0 amide bonds. The molecule has 0 aliphatic carbocycles. The third-order valence-electron chi connectivity index (χ3n) is 2.92. The molecule has 122 valence electrons. The van der Waals surface area contributed by atoms with E-state index in [4.69, 9.17) is 0 Å². The first-order valence-corrected chi connectivity index (χ1v) is 8.08. The van der Waals surface area contributed by atoms with Crippen molar-refractivity contribution in [1.29, 1.82) is 0 Å². The van der Waals surface area contributed by atoms with Crippen molar-refractivity contribution in [3.05, 3.63) is 16.1 Å². The van der Waals surface area contributed by atoms with Crippen molar-refractivity contribution >= 4 is 41.3 Å². The first-order valence-electron chi connectivity index (χ1n) is 7.26. The lowest BCUT2D eigenvalue weighted by atomic mass is 9.91. The molecule has 0 saturated carbocycles. The Balaban J connectivity index is 0.00000400. The summed E-state index contributed by atoms with van der Waals surface area (Å²) < 4.78 is 0. The van der Waals surface area contributed by atoms with Crippen molar-refractivity contribution in [1.82, 2.24) is 15.6 Å². The highest BCUT2D eigenvalue weighted by atomic mass is 127. The Morgan fingerprint density at radius 1 is 1.29 bits per heavy atom. The zero-order valence-corrected chi connectivity index (χ0v) is 17.0. The van der Waals surface area contributed by atoms with E-state index in [1.54, 1.807) is 11.3 Å². The van der Waals surface area contributed by atoms with Gasteiger partial charge in [-0.05, 0) is 25.2 Å². The molecule has 0 aromatic carbocycles. The molecule has 0 bridgehead atoms. The van der Waals surface area contributed by atoms with Crippen LogP contribution in [-0.4, -0.2) is 31.1 Å². The van der Waals surface area contributed by atoms with E-state index in [1.165, 1.54) is 16.3 Å². The minimum atomic E-state index is 0. The van der Waals surface area contributed by atoms with Crippen molar-refractivity contribution in [3.63, 3.8) is 0 Å². The summed E-state index contributed by atoms with van der Waals surface area (Å²) >= 11 is 1.76. The molecule has 21 heavy (non-hydrogen) atoms. The summed E-state index contributed by atoms with van der Waals surface area (Å²) in [7, 11) is 1.81. The first kappa shape index (κ1) is 20.6. The van der Waals surface area contributed by atoms with Crippen LogP contribution in [0.5, 0.6) is 0 Å². The van der Waals surface area contributed by atoms with Crippen molar-refractivity contribution in [2.75, 3.05) is 20.1 Å². The van der Waals surface area contributed by atoms with Crippen LogP contribution in [0.3, 0.4) is 0 Å². The lowest BCUT2D eigenvalue weighted by molar-refractivity contribution is 0.365. The van der Waals surface area contributed by atoms with E-state index in [9.17, 15) is 0 Å². The highest BCUT2D eigenvalue weighted by Crippen LogP contribution is 2.19. The fourth-order valence-corrected chi connectivity index (χ4v) is 2.64. The second-order valence-electron chi connectivity index (χ2n) is 6.20. The summed E-state index contributed by atoms with van der Waals surface area (Å²) in [5.41, 5.74) is 0.404. The minimum absolute atomic E-state index is 0. The summed E-state index contributed by atoms with van der Waals surface area (Å²) in [5, 5.41) is 7.86. The highest BCUT2D eigenvalue weighted by Gasteiger charge is 2.09. The van der Waals surface area contributed by atoms with Gasteiger partial charge in [-0.1, -0.05) is 20.8 Å². The Bertz CT molecular complexity index is 424. The van der Waals surface area contributed by atoms with Gasteiger partial charge in [-0.2, -0.15) is 0 Å². The maximum absolute atomic E-state index is 4.36. The molecular weight excluding hydrogens is 395 g/mol. The number of nitrogens with zero attached hydrogens (tertiary/aromatic N) is 2. The van der Waals surface area contributed by atoms with E-state index in [-0.39, 0.29) is 24.0 Å². The molecular formula is C15H29IN4S. The average molecular weight is 424 g/mol. The number of hydrogen-bond acceptors (Lipinski definition) is 3. The van der Waals surface area contributed by atoms with Gasteiger partial charge in [-0.25, -0.2) is 4.98 Å². The molecule has 4 nitrogen and oxygen atoms in total. The van der Waals surface area contributed by atoms with Crippen molar-refractivity contribution in [2.24, 2.45) is 10.4 Å². The Morgan fingerprint density at radius 3 is 2.48 bits per heavy atom. The molecule has 6 heteroatoms. The van der Waals surface area contributed by atoms with Gasteiger partial charge in [0.1, 0.15) is 0 Å². The Kier molecular flexibility index (Phi) is 10.2. The van der Waals surface area contributed by atoms with Crippen LogP contribution in [0.25, 0.3) is 0 Å². The standard InChI is InChI=1S/C15H28N4S.HI/c1-12-11-19-13(20-12)7-10-18-14(16-5)17-9-6-8-15(2,3)4;/h11H,6-10H2,1-5H3,(H2,16,17,18);1H. The molecule has 0 aliphatic heterocycles. The Morgan fingerprint density at radius 2 is 1.95 bits per heavy atom. The van der Waals surface area contributed by atoms with Gasteiger partial charge in [0.2, 0.25) is 0 Å². The molecule has 0 fully saturated rings. The maximum Gasteiger partial charge on any atom is 0.190 e. The van der Waals surface area contributed by atoms with E-state index >= 15 is 0 Å². The second-order valence-corrected chi connectivity index (χ2v) is 7.52. The summed E-state index contributed by atoms with van der Waals surface area (Å²) in [6.45, 7) is 10.7. The molecule has 0 radical (unpaired) electrons. The topological polar surface area (TPSA) is 49.3 Å². The number of rotatable bonds is 6. The van der Waals surface area contributed by atoms with Gasteiger partial charge in [0.25, 0.3) is 0 Å². The van der Waals surface area contributed by atoms with Gasteiger partial charge in [0, 0.05) is 37.6 Å². The number of aromatic nitrogens is 1. The SMILES string of the molecule is CN=C(NCCCC(C)(C)C)NCCc1ncc(C)s1.I. The molecule has 0 unspecified atom stereocenters. The summed E-state index contributed by atoms with van der Waals surface area (Å²) in [4.78, 5) is 9.86. The van der Waals surface area contributed by atoms with Crippen LogP contribution in [0.2, 0.25) is 0 Å². The van der Waals surface area contributed by atoms with Crippen LogP contribution in [0.4, 0.5) is 0 Å². The predicted octanol–water partition coefficient (Wildman–Crippen LogP) is 3.60. The van der Waals surface area contributed by atoms with Crippen LogP contribution in [0, 0.1) is 12.3 Å². The van der Waals surface area contributed by atoms with Crippen LogP contribution < -0.4 is 10.6 Å². The number of aliphatic imine (C=N–C) groups is 1. The third-order valence-corrected chi connectivity index (χ3v) is 3.89. The zero-order valence-electron chi connectivity index (χ0n) is 13.8. The predicted molar refractivity (Wildman–Crippen MR) is 104 cm³/mol. The number of guanidine groups is 1. The average Bonchev–Trinajstić information content (AvgIpc) is 2.77. The summed E-state index contributed by atoms with van der Waals surface area (Å²) in [6.07, 6.45) is 5.26. The normalized spacial score (nSPS) is 12.0. The molecule has 1 aromatic heterocycles. The largest absolute Gasteiger partial charge is 0.356 e. The lowest BCUT2D eigenvalue weighted by Gasteiger charge is -2.18. The molecule has 0 saturated heterocycles. The van der Waals surface area contributed by atoms with Gasteiger partial charge >= 0.3 is 0 Å². The van der Waals surface area contributed by atoms with Crippen molar-refractivity contribution in [3.8, 4) is 0 Å². The van der Waals surface area contributed by atoms with Crippen LogP contribution in [0.15, 0.2) is 11.2 Å². The van der Waals surface area contributed by atoms with Gasteiger partial charge in [0.05, 0.1) is 5.01 Å². The third kappa shape index (κ3) is 10.1. The van der Waals surface area contributed by atoms with E-state index in [2.05, 4.69) is 48.3 Å². The smallest absolute Gasteiger partial charge is 0.190 e. The number of aryl methyl sites for hydroxylation is 1. The van der Waals surface area contributed by atoms with Gasteiger partial charge in [-0.3, -0.25) is 4.99 Å². The summed E-state index contributed by atoms with van der Waals surface area (Å²) in [5.74, 6) is 0.882. The van der Waals surface area contributed by atoms with Crippen LogP contribution >= 0.6 is 35.3 Å². The zero-order chi connectivity index (χ0) is 15.0. The molecule has 1 aromatic rings. The lowest BCUT2D eigenvalue weighted by Crippen LogP contribution is -2.38. The van der Waals surface area contributed by atoms with E-state index in [1.807, 2.05) is 13.2 Å². The fraction of sp³-hybridized carbons (Fsp3) is 0.733. The first-order chi connectivity index (χ1) is 9.40. The Hall–Kier alpha value is -0.370. The highest BCUT2D eigenvalue weighted by molar-refractivity contribution is 14.0. The fourth-order valence-electron chi connectivity index (χ4n) is 1.85. The number of nitrogens with one attached hydrogen (secondary N) is 2. The molecule has 0 atom stereocenters. The number of hydrogen-bond donors (Lipinski definition) is 2. The van der Waals surface area contributed by atoms with Gasteiger partial charge < -0.3 is 10.6 Å². The second kappa shape index (κ2) is 10.4. The molecule has 1 heterocycles. The molecule has 1 rings (SSSR count). The quantitative estimate of drug-likeness (QED) is 0.318. The van der Waals surface area contributed by atoms with Crippen LogP contribution in [0.1, 0.15) is 43.5 Å². The van der Waals surface area contributed by atoms with Gasteiger partial charge in [-0.15, -0.1) is 35.3 Å². The van der Waals surface area contributed by atoms with Crippen molar-refractivity contribution in [2.45, 2.75) is 47.0 Å². The molecule has 0 aliphatic rings. The number of halogens is 1. The van der Waals surface area contributed by atoms with E-state index in [0.29, 0.717) is 5.41 Å². The number of thiazole rings is 1. The Labute approximate surface area is 150 Å².